The van der Waals surface area contributed by atoms with Gasteiger partial charge < -0.3 is 14.4 Å². The molecule has 13 aliphatic rings. The van der Waals surface area contributed by atoms with Crippen LogP contribution in [-0.4, -0.2) is 153 Å². The predicted molar refractivity (Wildman–Crippen MR) is 556 cm³/mol. The summed E-state index contributed by atoms with van der Waals surface area (Å²) in [5.41, 5.74) is 2.94. The minimum Gasteiger partial charge on any atom is -0.375 e. The zero-order valence-corrected chi connectivity index (χ0v) is 91.1. The standard InChI is InChI=1S/C15H28.C13H24.C12H26N2.C12H22.C11H23NS.C11H22O.C11H18O.C10H18O.C9H19N.C9H18S2/c1-3-6-14(4-2)15-10-12-7-5-8-13(9-12)11-15;1-3-10-8-12-6-5-7-13(12)9-11(10)4-2;1-7-11-12(8-2)14(6)10(4)9(3)13(11)5;1-3-9-7-11-5-6-12(11)8-10(9)4-2;1-6-10-11(7-2)13-9(4)8(3)12(10)5;1-5-10-7-8(3)9(4)12-11(10)6-2;1-4-9-6-8(3)11(12)7-10(9)5-2;1-4-9-7-6-8(3)11-10(9)5-2;1-4-8-6-10(3)7-9(8)5-2;1-4-8-6-10-7(3)11-9(8)5-2/h12-15H,3-11H2,1-2H3;10-13H,3-9H2,1-2H3;9-12H,7-8H2,1-6H3;9-12H,3-8H2,1-2H3;8-11H,6-7H2,1-5H3;8-11H,5-7H2,1-4H3;8H,4-7H2,1-3H3;6-10H,4-5H2,1-3H3;8-9H,4-7H2,1-3H3;7-9H,4-6H2,1-3H3/t12?,13?,14-,15?;10-,11+,12?,13?;9?,10?,11-,12+;9-,10+,11?,12?;8?,9?,10-,11+;8?,9?,10-,11-;;8?,9-,10-;8-,9+;7?,8-,9-/m1...00.0.0/s1. The quantitative estimate of drug-likeness (QED) is 0.0980. The maximum atomic E-state index is 11.4. The molecular formula is C113H218N4O3S3. The molecule has 0 aromatic heterocycles. The number of piperazine rings is 1. The van der Waals surface area contributed by atoms with Gasteiger partial charge >= 0.3 is 0 Å². The largest absolute Gasteiger partial charge is 0.375 e. The van der Waals surface area contributed by atoms with Crippen LogP contribution in [0.2, 0.25) is 0 Å². The van der Waals surface area contributed by atoms with Crippen LogP contribution >= 0.6 is 35.3 Å². The van der Waals surface area contributed by atoms with Gasteiger partial charge in [-0.3, -0.25) is 19.5 Å². The van der Waals surface area contributed by atoms with Crippen molar-refractivity contribution < 1.29 is 14.3 Å². The van der Waals surface area contributed by atoms with Crippen LogP contribution in [-0.2, 0) is 14.3 Å². The van der Waals surface area contributed by atoms with Gasteiger partial charge in [-0.2, -0.15) is 11.8 Å². The molecule has 11 fully saturated rings. The molecule has 0 aromatic rings. The lowest BCUT2D eigenvalue weighted by Crippen LogP contribution is -2.64. The van der Waals surface area contributed by atoms with Gasteiger partial charge in [0.15, 0.2) is 0 Å². The van der Waals surface area contributed by atoms with E-state index in [9.17, 15) is 4.79 Å². The summed E-state index contributed by atoms with van der Waals surface area (Å²) < 4.78 is 12.5. The first-order valence-electron chi connectivity index (χ1n) is 54.9. The predicted octanol–water partition coefficient (Wildman–Crippen LogP) is 33.0. The van der Waals surface area contributed by atoms with Crippen LogP contribution < -0.4 is 0 Å². The van der Waals surface area contributed by atoms with Gasteiger partial charge in [0.25, 0.3) is 0 Å². The van der Waals surface area contributed by atoms with E-state index in [1.807, 2.05) is 6.92 Å². The number of likely N-dealkylation sites (N-methyl/N-ethyl adjacent to an activating group) is 2. The Kier molecular flexibility index (Phi) is 58.6. The zero-order chi connectivity index (χ0) is 91.7. The fourth-order valence-corrected chi connectivity index (χ4v) is 31.3. The van der Waals surface area contributed by atoms with Gasteiger partial charge in [0.05, 0.1) is 24.4 Å². The third-order valence-electron chi connectivity index (χ3n) is 35.8. The molecule has 32 atom stereocenters. The van der Waals surface area contributed by atoms with Gasteiger partial charge in [-0.15, -0.1) is 23.5 Å². The first-order valence-corrected chi connectivity index (χ1v) is 57.8. The Labute approximate surface area is 784 Å². The molecule has 6 aliphatic heterocycles. The Hall–Kier alpha value is -0.0400. The van der Waals surface area contributed by atoms with Crippen LogP contribution in [0.4, 0.5) is 0 Å². The number of carbonyl (C=O) groups is 1. The van der Waals surface area contributed by atoms with E-state index in [1.54, 1.807) is 83.5 Å². The van der Waals surface area contributed by atoms with E-state index in [0.29, 0.717) is 48.2 Å². The Morgan fingerprint density at radius 1 is 0.415 bits per heavy atom. The topological polar surface area (TPSA) is 48.5 Å². The van der Waals surface area contributed by atoms with Gasteiger partial charge in [0.1, 0.15) is 5.78 Å². The number of rotatable bonds is 22. The summed E-state index contributed by atoms with van der Waals surface area (Å²) in [5, 5.41) is 2.58. The summed E-state index contributed by atoms with van der Waals surface area (Å²) >= 11 is 6.50. The lowest BCUT2D eigenvalue weighted by Gasteiger charge is -2.52. The molecule has 13 rings (SSSR count). The maximum absolute atomic E-state index is 11.4. The SMILES string of the molecule is CCC1=C(CC)CC(C)C(=O)C1.CCC[C@@H](CC)C1CC2CCCC(C2)C1.CC[C@@H]1CC2CCC2C[C@@H]1CC.CC[C@@H]1CC2CCCC2C[C@@H]1CC.CC[C@@H]1CN(C)C[C@@H]1CC.CC[C@@H]1[C@H](CC)N(C)C(C)C(C)N1C.CC[C@H]1C=CC(C)O[C@H]1CC.CC[C@H]1CC(C)C(C)O[C@H]1CC.CC[C@H]1CSC(C)S[C@H]1CC.CC[C@H]1SC(C)C(C)N(C)[C@H]1CC. The fraction of sp³-hybridized carbons (Fsp3) is 0.956. The van der Waals surface area contributed by atoms with Crippen LogP contribution in [0.5, 0.6) is 0 Å². The summed E-state index contributed by atoms with van der Waals surface area (Å²) in [7, 11) is 9.09. The smallest absolute Gasteiger partial charge is 0.140 e. The Morgan fingerprint density at radius 3 is 1.28 bits per heavy atom. The number of hydrogen-bond donors (Lipinski definition) is 0. The third-order valence-corrected chi connectivity index (χ3v) is 40.9. The number of allylic oxidation sites excluding steroid dienone is 2. The molecule has 7 aliphatic carbocycles. The summed E-state index contributed by atoms with van der Waals surface area (Å²) in [6.07, 6.45) is 60.3. The number of hydrogen-bond acceptors (Lipinski definition) is 10. The number of thioether (sulfide) groups is 3. The average molecular weight is 1780 g/mol. The van der Waals surface area contributed by atoms with Crippen LogP contribution in [0, 0.1) is 112 Å². The van der Waals surface area contributed by atoms with Crippen LogP contribution in [0.15, 0.2) is 23.3 Å². The molecular weight excluding hydrogens is 1560 g/mol. The molecule has 6 saturated carbocycles. The summed E-state index contributed by atoms with van der Waals surface area (Å²) in [6, 6.07) is 4.34. The van der Waals surface area contributed by atoms with Crippen molar-refractivity contribution in [3.63, 3.8) is 0 Å². The summed E-state index contributed by atoms with van der Waals surface area (Å²) in [5.74, 6) is 20.5. The molecule has 0 amide bonds. The molecule has 7 nitrogen and oxygen atoms in total. The number of nitrogens with zero attached hydrogens (tertiary/aromatic N) is 4. The fourth-order valence-electron chi connectivity index (χ4n) is 26.3. The number of fused-ring (bicyclic) bond motifs is 4. The van der Waals surface area contributed by atoms with Crippen molar-refractivity contribution in [2.75, 3.05) is 47.0 Å². The highest BCUT2D eigenvalue weighted by molar-refractivity contribution is 8.17. The second-order valence-corrected chi connectivity index (χ2v) is 47.8. The van der Waals surface area contributed by atoms with E-state index < -0.39 is 0 Å². The molecule has 5 saturated heterocycles. The van der Waals surface area contributed by atoms with Crippen molar-refractivity contribution in [3.05, 3.63) is 23.3 Å². The number of ether oxygens (including phenoxy) is 2. The highest BCUT2D eigenvalue weighted by Crippen LogP contribution is 2.52. The van der Waals surface area contributed by atoms with Gasteiger partial charge in [0, 0.05) is 87.9 Å². The molecule has 10 heteroatoms. The molecule has 6 heterocycles. The van der Waals surface area contributed by atoms with Gasteiger partial charge in [-0.25, -0.2) is 0 Å². The second-order valence-electron chi connectivity index (χ2n) is 43.0. The van der Waals surface area contributed by atoms with Crippen molar-refractivity contribution >= 4 is 41.1 Å². The summed E-state index contributed by atoms with van der Waals surface area (Å²) in [6.45, 7) is 69.1. The zero-order valence-electron chi connectivity index (χ0n) is 88.6. The molecule has 0 N–H and O–H groups in total. The molecule has 0 aromatic carbocycles. The summed E-state index contributed by atoms with van der Waals surface area (Å²) in [4.78, 5) is 21.6. The first-order chi connectivity index (χ1) is 58.9. The van der Waals surface area contributed by atoms with Gasteiger partial charge in [0.2, 0.25) is 0 Å². The Bertz CT molecular complexity index is 2620. The van der Waals surface area contributed by atoms with Crippen molar-refractivity contribution in [2.45, 2.75) is 532 Å². The van der Waals surface area contributed by atoms with E-state index >= 15 is 0 Å². The van der Waals surface area contributed by atoms with Crippen molar-refractivity contribution in [2.24, 2.45) is 112 Å². The Morgan fingerprint density at radius 2 is 0.870 bits per heavy atom. The van der Waals surface area contributed by atoms with Gasteiger partial charge in [-0.05, 0) is 311 Å². The molecule has 123 heavy (non-hydrogen) atoms. The molecule has 15 unspecified atom stereocenters. The van der Waals surface area contributed by atoms with E-state index in [-0.39, 0.29) is 5.92 Å². The highest BCUT2D eigenvalue weighted by atomic mass is 32.2. The van der Waals surface area contributed by atoms with E-state index in [1.165, 1.54) is 165 Å². The molecule has 2 bridgehead atoms. The highest BCUT2D eigenvalue weighted by Gasteiger charge is 2.44. The van der Waals surface area contributed by atoms with Crippen molar-refractivity contribution in [1.82, 2.24) is 19.6 Å². The normalized spacial score (nSPS) is 39.4. The molecule has 0 spiro atoms. The third kappa shape index (κ3) is 36.3. The monoisotopic (exact) mass is 1780 g/mol. The lowest BCUT2D eigenvalue weighted by molar-refractivity contribution is -0.122. The molecule has 0 radical (unpaired) electrons. The maximum Gasteiger partial charge on any atom is 0.140 e. The average Bonchev–Trinajstić information content (AvgIpc) is 1.04. The minimum absolute atomic E-state index is 0.273. The number of carbonyl (C=O) groups excluding carboxylic acids is 1. The van der Waals surface area contributed by atoms with E-state index in [0.717, 1.165) is 177 Å². The number of Topliss-reactive ketones (excluding diaryl/α,β-unsaturated/α-hetero) is 1. The van der Waals surface area contributed by atoms with Crippen LogP contribution in [0.25, 0.3) is 0 Å². The van der Waals surface area contributed by atoms with Gasteiger partial charge in [-0.1, -0.05) is 292 Å². The minimum atomic E-state index is 0.273. The van der Waals surface area contributed by atoms with E-state index in [4.69, 9.17) is 9.47 Å². The van der Waals surface area contributed by atoms with Crippen molar-refractivity contribution in [1.29, 1.82) is 0 Å². The molecule has 726 valence electrons. The van der Waals surface area contributed by atoms with Crippen LogP contribution in [0.3, 0.4) is 0 Å². The number of ketones is 1. The lowest BCUT2D eigenvalue weighted by atomic mass is 9.58. The second kappa shape index (κ2) is 62.5. The Balaban J connectivity index is 0.000000287. The first kappa shape index (κ1) is 115. The van der Waals surface area contributed by atoms with Crippen LogP contribution in [0.1, 0.15) is 451 Å². The van der Waals surface area contributed by atoms with Crippen molar-refractivity contribution in [3.8, 4) is 0 Å². The number of likely N-dealkylation sites (tertiary alicyclic amines) is 1. The van der Waals surface area contributed by atoms with E-state index in [2.05, 4.69) is 289 Å².